The standard InChI is InChI=1S/C16H21NO3/c18-10-9-17(12-5-1-2-6-12)16(19)14-11-20-15-8-4-3-7-13(14)15/h3-4,7-8,12,14,18H,1-2,5-6,9-11H2. The molecule has 1 unspecified atom stereocenters. The van der Waals surface area contributed by atoms with Crippen LogP contribution in [0.2, 0.25) is 0 Å². The van der Waals surface area contributed by atoms with Crippen LogP contribution >= 0.6 is 0 Å². The van der Waals surface area contributed by atoms with Gasteiger partial charge in [0.15, 0.2) is 0 Å². The van der Waals surface area contributed by atoms with Crippen LogP contribution in [-0.2, 0) is 4.79 Å². The van der Waals surface area contributed by atoms with Crippen LogP contribution in [0.1, 0.15) is 37.2 Å². The van der Waals surface area contributed by atoms with Crippen molar-refractivity contribution in [1.82, 2.24) is 4.90 Å². The Morgan fingerprint density at radius 2 is 2.05 bits per heavy atom. The van der Waals surface area contributed by atoms with E-state index in [1.807, 2.05) is 29.2 Å². The molecule has 4 nitrogen and oxygen atoms in total. The van der Waals surface area contributed by atoms with Gasteiger partial charge in [-0.3, -0.25) is 4.79 Å². The van der Waals surface area contributed by atoms with E-state index in [2.05, 4.69) is 0 Å². The van der Waals surface area contributed by atoms with E-state index in [9.17, 15) is 9.90 Å². The minimum atomic E-state index is -0.210. The minimum Gasteiger partial charge on any atom is -0.492 e. The van der Waals surface area contributed by atoms with Crippen molar-refractivity contribution in [2.24, 2.45) is 0 Å². The molecule has 1 aliphatic heterocycles. The first-order valence-corrected chi connectivity index (χ1v) is 7.44. The van der Waals surface area contributed by atoms with E-state index in [1.54, 1.807) is 0 Å². The number of hydrogen-bond donors (Lipinski definition) is 1. The fourth-order valence-electron chi connectivity index (χ4n) is 3.36. The molecule has 0 spiro atoms. The number of aliphatic hydroxyl groups is 1. The van der Waals surface area contributed by atoms with Gasteiger partial charge in [-0.2, -0.15) is 0 Å². The predicted octanol–water partition coefficient (Wildman–Crippen LogP) is 1.93. The van der Waals surface area contributed by atoms with Crippen molar-refractivity contribution in [3.05, 3.63) is 29.8 Å². The Kier molecular flexibility index (Phi) is 3.92. The van der Waals surface area contributed by atoms with Crippen molar-refractivity contribution in [1.29, 1.82) is 0 Å². The number of hydrogen-bond acceptors (Lipinski definition) is 3. The average Bonchev–Trinajstić information content (AvgIpc) is 3.13. The van der Waals surface area contributed by atoms with Gasteiger partial charge in [-0.15, -0.1) is 0 Å². The maximum absolute atomic E-state index is 12.8. The molecule has 1 amide bonds. The summed E-state index contributed by atoms with van der Waals surface area (Å²) in [5.41, 5.74) is 0.985. The SMILES string of the molecule is O=C(C1COc2ccccc21)N(CCO)C1CCCC1. The van der Waals surface area contributed by atoms with Crippen molar-refractivity contribution in [2.75, 3.05) is 19.8 Å². The zero-order chi connectivity index (χ0) is 13.9. The highest BCUT2D eigenvalue weighted by Crippen LogP contribution is 2.36. The maximum atomic E-state index is 12.8. The maximum Gasteiger partial charge on any atom is 0.234 e. The number of aliphatic hydroxyl groups excluding tert-OH is 1. The van der Waals surface area contributed by atoms with Gasteiger partial charge in [-0.1, -0.05) is 31.0 Å². The minimum absolute atomic E-state index is 0.0253. The van der Waals surface area contributed by atoms with Crippen LogP contribution in [0.5, 0.6) is 5.75 Å². The topological polar surface area (TPSA) is 49.8 Å². The largest absolute Gasteiger partial charge is 0.492 e. The van der Waals surface area contributed by atoms with Crippen LogP contribution in [-0.4, -0.2) is 41.7 Å². The van der Waals surface area contributed by atoms with Gasteiger partial charge in [0.1, 0.15) is 18.3 Å². The van der Waals surface area contributed by atoms with E-state index in [0.29, 0.717) is 19.2 Å². The lowest BCUT2D eigenvalue weighted by Gasteiger charge is -2.30. The first-order valence-electron chi connectivity index (χ1n) is 7.44. The number of carbonyl (C=O) groups excluding carboxylic acids is 1. The molecular weight excluding hydrogens is 254 g/mol. The van der Waals surface area contributed by atoms with Crippen LogP contribution in [0.15, 0.2) is 24.3 Å². The average molecular weight is 275 g/mol. The molecule has 3 rings (SSSR count). The molecule has 0 bridgehead atoms. The second-order valence-corrected chi connectivity index (χ2v) is 5.59. The first kappa shape index (κ1) is 13.4. The van der Waals surface area contributed by atoms with Crippen LogP contribution in [0.25, 0.3) is 0 Å². The van der Waals surface area contributed by atoms with Crippen LogP contribution in [0.4, 0.5) is 0 Å². The smallest absolute Gasteiger partial charge is 0.234 e. The highest BCUT2D eigenvalue weighted by Gasteiger charge is 2.36. The molecule has 1 heterocycles. The molecule has 20 heavy (non-hydrogen) atoms. The van der Waals surface area contributed by atoms with Gasteiger partial charge in [-0.25, -0.2) is 0 Å². The van der Waals surface area contributed by atoms with Crippen molar-refractivity contribution >= 4 is 5.91 Å². The van der Waals surface area contributed by atoms with Gasteiger partial charge in [0.05, 0.1) is 6.61 Å². The summed E-state index contributed by atoms with van der Waals surface area (Å²) in [6.45, 7) is 0.881. The van der Waals surface area contributed by atoms with Gasteiger partial charge in [0.2, 0.25) is 5.91 Å². The van der Waals surface area contributed by atoms with E-state index in [-0.39, 0.29) is 18.4 Å². The summed E-state index contributed by atoms with van der Waals surface area (Å²) in [5.74, 6) is 0.718. The summed E-state index contributed by atoms with van der Waals surface area (Å²) in [6.07, 6.45) is 4.47. The Balaban J connectivity index is 1.80. The van der Waals surface area contributed by atoms with Crippen molar-refractivity contribution in [2.45, 2.75) is 37.6 Å². The lowest BCUT2D eigenvalue weighted by molar-refractivity contribution is -0.135. The van der Waals surface area contributed by atoms with Crippen molar-refractivity contribution in [3.8, 4) is 5.75 Å². The molecule has 1 aromatic rings. The molecule has 0 aromatic heterocycles. The number of carbonyl (C=O) groups is 1. The molecule has 1 saturated carbocycles. The second kappa shape index (κ2) is 5.83. The molecule has 1 aliphatic carbocycles. The number of ether oxygens (including phenoxy) is 1. The molecule has 2 aliphatic rings. The summed E-state index contributed by atoms with van der Waals surface area (Å²) >= 11 is 0. The van der Waals surface area contributed by atoms with E-state index >= 15 is 0 Å². The molecule has 0 saturated heterocycles. The Labute approximate surface area is 119 Å². The summed E-state index contributed by atoms with van der Waals surface area (Å²) in [6, 6.07) is 8.04. The molecule has 108 valence electrons. The third-order valence-corrected chi connectivity index (χ3v) is 4.39. The number of rotatable bonds is 4. The molecule has 0 radical (unpaired) electrons. The molecular formula is C16H21NO3. The molecule has 1 atom stereocenters. The van der Waals surface area contributed by atoms with E-state index in [1.165, 1.54) is 12.8 Å². The van der Waals surface area contributed by atoms with Gasteiger partial charge in [0.25, 0.3) is 0 Å². The number of fused-ring (bicyclic) bond motifs is 1. The third kappa shape index (κ3) is 2.40. The molecule has 1 aromatic carbocycles. The Bertz CT molecular complexity index is 482. The second-order valence-electron chi connectivity index (χ2n) is 5.59. The Morgan fingerprint density at radius 1 is 1.30 bits per heavy atom. The van der Waals surface area contributed by atoms with Gasteiger partial charge in [-0.05, 0) is 18.9 Å². The molecule has 1 fully saturated rings. The van der Waals surface area contributed by atoms with Gasteiger partial charge >= 0.3 is 0 Å². The van der Waals surface area contributed by atoms with Crippen molar-refractivity contribution in [3.63, 3.8) is 0 Å². The fourth-order valence-corrected chi connectivity index (χ4v) is 3.36. The molecule has 1 N–H and O–H groups in total. The predicted molar refractivity (Wildman–Crippen MR) is 75.7 cm³/mol. The van der Waals surface area contributed by atoms with Gasteiger partial charge < -0.3 is 14.7 Å². The Hall–Kier alpha value is -1.55. The number of amides is 1. The van der Waals surface area contributed by atoms with Crippen molar-refractivity contribution < 1.29 is 14.6 Å². The van der Waals surface area contributed by atoms with E-state index in [0.717, 1.165) is 24.2 Å². The quantitative estimate of drug-likeness (QED) is 0.913. The lowest BCUT2D eigenvalue weighted by atomic mass is 9.98. The normalized spacial score (nSPS) is 21.6. The highest BCUT2D eigenvalue weighted by atomic mass is 16.5. The van der Waals surface area contributed by atoms with Crippen LogP contribution in [0, 0.1) is 0 Å². The zero-order valence-corrected chi connectivity index (χ0v) is 11.6. The summed E-state index contributed by atoms with van der Waals surface area (Å²) < 4.78 is 5.61. The van der Waals surface area contributed by atoms with Gasteiger partial charge in [0, 0.05) is 18.2 Å². The molecule has 4 heteroatoms. The van der Waals surface area contributed by atoms with E-state index < -0.39 is 0 Å². The number of para-hydroxylation sites is 1. The lowest BCUT2D eigenvalue weighted by Crippen LogP contribution is -2.43. The monoisotopic (exact) mass is 275 g/mol. The first-order chi connectivity index (χ1) is 9.81. The number of benzene rings is 1. The summed E-state index contributed by atoms with van der Waals surface area (Å²) in [5, 5.41) is 9.26. The van der Waals surface area contributed by atoms with Crippen LogP contribution < -0.4 is 4.74 Å². The Morgan fingerprint density at radius 3 is 2.80 bits per heavy atom. The van der Waals surface area contributed by atoms with Crippen LogP contribution in [0.3, 0.4) is 0 Å². The summed E-state index contributed by atoms with van der Waals surface area (Å²) in [4.78, 5) is 14.7. The summed E-state index contributed by atoms with van der Waals surface area (Å²) in [7, 11) is 0. The third-order valence-electron chi connectivity index (χ3n) is 4.39. The fraction of sp³-hybridized carbons (Fsp3) is 0.562. The van der Waals surface area contributed by atoms with E-state index in [4.69, 9.17) is 4.74 Å². The number of nitrogens with zero attached hydrogens (tertiary/aromatic N) is 1. The zero-order valence-electron chi connectivity index (χ0n) is 11.6. The highest BCUT2D eigenvalue weighted by molar-refractivity contribution is 5.86.